The van der Waals surface area contributed by atoms with E-state index in [9.17, 15) is 9.59 Å². The van der Waals surface area contributed by atoms with Crippen LogP contribution in [-0.2, 0) is 16.1 Å². The molecule has 7 nitrogen and oxygen atoms in total. The number of pyridine rings is 1. The molecular weight excluding hydrogens is 354 g/mol. The van der Waals surface area contributed by atoms with Crippen molar-refractivity contribution in [3.63, 3.8) is 0 Å². The molecule has 1 saturated carbocycles. The molecule has 2 atom stereocenters. The number of nitrogen functional groups attached to an aromatic ring is 1. The lowest BCUT2D eigenvalue weighted by atomic mass is 9.73. The molecule has 5 N–H and O–H groups in total. The first kappa shape index (κ1) is 22.1. The maximum absolute atomic E-state index is 13.2. The van der Waals surface area contributed by atoms with E-state index in [2.05, 4.69) is 10.3 Å². The lowest BCUT2D eigenvalue weighted by Gasteiger charge is -2.42. The van der Waals surface area contributed by atoms with Gasteiger partial charge in [0.2, 0.25) is 11.8 Å². The minimum atomic E-state index is -1.03. The van der Waals surface area contributed by atoms with Gasteiger partial charge in [0.25, 0.3) is 0 Å². The average molecular weight is 390 g/mol. The van der Waals surface area contributed by atoms with E-state index in [-0.39, 0.29) is 5.91 Å². The van der Waals surface area contributed by atoms with E-state index in [0.29, 0.717) is 31.2 Å². The second-order valence-electron chi connectivity index (χ2n) is 8.13. The van der Waals surface area contributed by atoms with E-state index < -0.39 is 17.4 Å². The van der Waals surface area contributed by atoms with Crippen molar-refractivity contribution in [3.05, 3.63) is 23.9 Å². The molecule has 0 spiro atoms. The normalized spacial score (nSPS) is 18.4. The molecule has 28 heavy (non-hydrogen) atoms. The first-order chi connectivity index (χ1) is 13.3. The maximum atomic E-state index is 13.2. The molecule has 2 rings (SSSR count). The lowest BCUT2D eigenvalue weighted by Crippen LogP contribution is -2.62. The summed E-state index contributed by atoms with van der Waals surface area (Å²) in [6.45, 7) is 4.75. The summed E-state index contributed by atoms with van der Waals surface area (Å²) in [5, 5.41) is 2.99. The molecule has 7 heteroatoms. The van der Waals surface area contributed by atoms with Crippen LogP contribution in [0.4, 0.5) is 5.82 Å². The number of nitrogens with two attached hydrogens (primary N) is 2. The fraction of sp³-hybridized carbons (Fsp3) is 0.667. The SMILES string of the molecule is CCN(C)C(C)(C(N)=O)[C@H](CC1CCCCC1)C(=O)NCc1ccc(N)nc1. The largest absolute Gasteiger partial charge is 0.384 e. The smallest absolute Gasteiger partial charge is 0.238 e. The van der Waals surface area contributed by atoms with Gasteiger partial charge < -0.3 is 16.8 Å². The van der Waals surface area contributed by atoms with Crippen molar-refractivity contribution >= 4 is 17.6 Å². The Bertz CT molecular complexity index is 657. The fourth-order valence-electron chi connectivity index (χ4n) is 4.16. The van der Waals surface area contributed by atoms with Crippen LogP contribution in [0.15, 0.2) is 18.3 Å². The molecule has 0 aromatic carbocycles. The van der Waals surface area contributed by atoms with Crippen LogP contribution in [0.25, 0.3) is 0 Å². The van der Waals surface area contributed by atoms with Crippen molar-refractivity contribution < 1.29 is 9.59 Å². The molecule has 0 saturated heterocycles. The van der Waals surface area contributed by atoms with Crippen molar-refractivity contribution in [2.24, 2.45) is 17.6 Å². The summed E-state index contributed by atoms with van der Waals surface area (Å²) in [7, 11) is 1.86. The highest BCUT2D eigenvalue weighted by atomic mass is 16.2. The Morgan fingerprint density at radius 3 is 2.54 bits per heavy atom. The molecule has 1 unspecified atom stereocenters. The molecule has 156 valence electrons. The molecular formula is C21H35N5O2. The Morgan fingerprint density at radius 1 is 1.32 bits per heavy atom. The Balaban J connectivity index is 2.20. The van der Waals surface area contributed by atoms with Gasteiger partial charge in [0.15, 0.2) is 0 Å². The standard InChI is InChI=1S/C21H35N5O2/c1-4-26(3)21(2,20(23)28)17(12-15-8-6-5-7-9-15)19(27)25-14-16-10-11-18(22)24-13-16/h10-11,13,15,17H,4-9,12,14H2,1-3H3,(H2,22,24)(H2,23,28)(H,25,27)/t17-,21?/m1/s1. The van der Waals surface area contributed by atoms with Gasteiger partial charge in [-0.1, -0.05) is 45.1 Å². The number of primary amides is 1. The first-order valence-corrected chi connectivity index (χ1v) is 10.3. The van der Waals surface area contributed by atoms with Gasteiger partial charge in [-0.2, -0.15) is 0 Å². The summed E-state index contributed by atoms with van der Waals surface area (Å²) in [6, 6.07) is 3.55. The highest BCUT2D eigenvalue weighted by Gasteiger charge is 2.47. The van der Waals surface area contributed by atoms with Crippen molar-refractivity contribution in [3.8, 4) is 0 Å². The van der Waals surface area contributed by atoms with Gasteiger partial charge in [-0.05, 0) is 44.5 Å². The second-order valence-corrected chi connectivity index (χ2v) is 8.13. The fourth-order valence-corrected chi connectivity index (χ4v) is 4.16. The first-order valence-electron chi connectivity index (χ1n) is 10.3. The third-order valence-corrected chi connectivity index (χ3v) is 6.37. The van der Waals surface area contributed by atoms with Crippen LogP contribution in [0.2, 0.25) is 0 Å². The number of nitrogens with zero attached hydrogens (tertiary/aromatic N) is 2. The minimum Gasteiger partial charge on any atom is -0.384 e. The van der Waals surface area contributed by atoms with Gasteiger partial charge in [-0.15, -0.1) is 0 Å². The summed E-state index contributed by atoms with van der Waals surface area (Å²) >= 11 is 0. The predicted octanol–water partition coefficient (Wildman–Crippen LogP) is 2.06. The molecule has 1 aromatic heterocycles. The van der Waals surface area contributed by atoms with Crippen LogP contribution in [0, 0.1) is 11.8 Å². The van der Waals surface area contributed by atoms with Gasteiger partial charge in [-0.25, -0.2) is 4.98 Å². The van der Waals surface area contributed by atoms with Crippen LogP contribution >= 0.6 is 0 Å². The predicted molar refractivity (Wildman–Crippen MR) is 111 cm³/mol. The van der Waals surface area contributed by atoms with Crippen LogP contribution in [0.1, 0.15) is 57.9 Å². The molecule has 0 aliphatic heterocycles. The maximum Gasteiger partial charge on any atom is 0.238 e. The number of nitrogens with one attached hydrogen (secondary N) is 1. The molecule has 1 heterocycles. The highest BCUT2D eigenvalue weighted by molar-refractivity contribution is 5.92. The van der Waals surface area contributed by atoms with Crippen molar-refractivity contribution in [2.75, 3.05) is 19.3 Å². The van der Waals surface area contributed by atoms with E-state index in [1.165, 1.54) is 19.3 Å². The minimum absolute atomic E-state index is 0.135. The number of hydrogen-bond acceptors (Lipinski definition) is 5. The van der Waals surface area contributed by atoms with E-state index in [1.807, 2.05) is 24.9 Å². The van der Waals surface area contributed by atoms with Gasteiger partial charge in [0.05, 0.1) is 5.92 Å². The molecule has 2 amide bonds. The summed E-state index contributed by atoms with van der Waals surface area (Å²) in [5.41, 5.74) is 11.3. The molecule has 1 aromatic rings. The van der Waals surface area contributed by atoms with Crippen LogP contribution < -0.4 is 16.8 Å². The zero-order valence-corrected chi connectivity index (χ0v) is 17.4. The van der Waals surface area contributed by atoms with Crippen LogP contribution in [0.3, 0.4) is 0 Å². The molecule has 0 radical (unpaired) electrons. The quantitative estimate of drug-likeness (QED) is 0.598. The Labute approximate surface area is 168 Å². The van der Waals surface area contributed by atoms with Crippen molar-refractivity contribution in [1.29, 1.82) is 0 Å². The number of amides is 2. The van der Waals surface area contributed by atoms with Gasteiger partial charge in [-0.3, -0.25) is 14.5 Å². The summed E-state index contributed by atoms with van der Waals surface area (Å²) < 4.78 is 0. The summed E-state index contributed by atoms with van der Waals surface area (Å²) in [5.74, 6) is -0.200. The Hall–Kier alpha value is -2.15. The number of rotatable bonds is 9. The zero-order chi connectivity index (χ0) is 20.7. The number of carbonyl (C=O) groups excluding carboxylic acids is 2. The van der Waals surface area contributed by atoms with Gasteiger partial charge in [0, 0.05) is 12.7 Å². The Kier molecular flexibility index (Phi) is 7.80. The summed E-state index contributed by atoms with van der Waals surface area (Å²) in [4.78, 5) is 31.7. The molecule has 0 bridgehead atoms. The third kappa shape index (κ3) is 5.22. The van der Waals surface area contributed by atoms with Gasteiger partial charge in [0.1, 0.15) is 11.4 Å². The van der Waals surface area contributed by atoms with Crippen molar-refractivity contribution in [1.82, 2.24) is 15.2 Å². The number of hydrogen-bond donors (Lipinski definition) is 3. The third-order valence-electron chi connectivity index (χ3n) is 6.37. The molecule has 1 aliphatic rings. The Morgan fingerprint density at radius 2 is 2.00 bits per heavy atom. The average Bonchev–Trinajstić information content (AvgIpc) is 2.70. The van der Waals surface area contributed by atoms with Crippen LogP contribution in [0.5, 0.6) is 0 Å². The summed E-state index contributed by atoms with van der Waals surface area (Å²) in [6.07, 6.45) is 8.17. The highest BCUT2D eigenvalue weighted by Crippen LogP contribution is 2.35. The topological polar surface area (TPSA) is 114 Å². The number of likely N-dealkylation sites (N-methyl/N-ethyl adjacent to an activating group) is 1. The number of anilines is 1. The molecule has 1 aliphatic carbocycles. The van der Waals surface area contributed by atoms with Crippen LogP contribution in [-0.4, -0.2) is 40.8 Å². The molecule has 1 fully saturated rings. The van der Waals surface area contributed by atoms with E-state index >= 15 is 0 Å². The van der Waals surface area contributed by atoms with E-state index in [0.717, 1.165) is 18.4 Å². The van der Waals surface area contributed by atoms with E-state index in [4.69, 9.17) is 11.5 Å². The zero-order valence-electron chi connectivity index (χ0n) is 17.4. The number of carbonyl (C=O) groups is 2. The van der Waals surface area contributed by atoms with Crippen molar-refractivity contribution in [2.45, 2.75) is 64.5 Å². The monoisotopic (exact) mass is 389 g/mol. The lowest BCUT2D eigenvalue weighted by molar-refractivity contribution is -0.142. The number of aromatic nitrogens is 1. The van der Waals surface area contributed by atoms with E-state index in [1.54, 1.807) is 19.2 Å². The van der Waals surface area contributed by atoms with Gasteiger partial charge >= 0.3 is 0 Å². The second kappa shape index (κ2) is 9.87.